The number of imidazole rings is 2. The van der Waals surface area contributed by atoms with E-state index >= 15 is 0 Å². The Kier molecular flexibility index (Phi) is 7.05. The van der Waals surface area contributed by atoms with Crippen molar-refractivity contribution in [1.82, 2.24) is 19.1 Å². The monoisotopic (exact) mass is 461 g/mol. The van der Waals surface area contributed by atoms with Crippen molar-refractivity contribution in [3.8, 4) is 0 Å². The predicted molar refractivity (Wildman–Crippen MR) is 110 cm³/mol. The number of aromatic nitrogens is 4. The van der Waals surface area contributed by atoms with Gasteiger partial charge in [0, 0.05) is 14.1 Å². The van der Waals surface area contributed by atoms with Crippen LogP contribution in [-0.2, 0) is 38.6 Å². The van der Waals surface area contributed by atoms with Crippen molar-refractivity contribution in [3.63, 3.8) is 0 Å². The van der Waals surface area contributed by atoms with Crippen LogP contribution in [0, 0.1) is 0 Å². The number of para-hydroxylation sites is 4. The van der Waals surface area contributed by atoms with Crippen molar-refractivity contribution in [2.45, 2.75) is 13.1 Å². The first-order chi connectivity index (χ1) is 13.0. The molecule has 0 radical (unpaired) electrons. The number of benzene rings is 2. The summed E-state index contributed by atoms with van der Waals surface area (Å²) in [5.74, 6) is 1.95. The van der Waals surface area contributed by atoms with Crippen molar-refractivity contribution >= 4 is 52.2 Å². The summed E-state index contributed by atoms with van der Waals surface area (Å²) in [4.78, 5) is 9.30. The van der Waals surface area contributed by atoms with Crippen LogP contribution in [0.25, 0.3) is 27.4 Å². The normalized spacial score (nSPS) is 11.2. The van der Waals surface area contributed by atoms with Crippen molar-refractivity contribution in [2.24, 2.45) is 14.1 Å². The average molecular weight is 463 g/mol. The first-order valence-corrected chi connectivity index (χ1v) is 13.4. The van der Waals surface area contributed by atoms with E-state index in [-0.39, 0.29) is 0 Å². The standard InChI is InChI=1S/C18H18N5.3ClH.Cr/c1-22-15-9-5-3-7-13(15)20-17(22)11-19-12-18-21-14-8-4-6-10-16(14)23(18)2;;;;/h3-10H,11-12H2,1-2H3;3*1H;/q-1;;;;+4/p-3. The first-order valence-electron chi connectivity index (χ1n) is 8.14. The van der Waals surface area contributed by atoms with Crippen LogP contribution in [0.2, 0.25) is 0 Å². The molecule has 5 nitrogen and oxygen atoms in total. The molecule has 2 aromatic heterocycles. The molecule has 0 N–H and O–H groups in total. The molecule has 4 aromatic rings. The molecule has 0 aliphatic rings. The summed E-state index contributed by atoms with van der Waals surface area (Å²) in [6, 6.07) is 16.3. The molecule has 0 amide bonds. The van der Waals surface area contributed by atoms with E-state index < -0.39 is 11.4 Å². The van der Waals surface area contributed by atoms with E-state index in [1.54, 1.807) is 0 Å². The Bertz CT molecular complexity index is 961. The predicted octanol–water partition coefficient (Wildman–Crippen LogP) is 5.60. The van der Waals surface area contributed by atoms with Crippen molar-refractivity contribution in [1.29, 1.82) is 0 Å². The van der Waals surface area contributed by atoms with Gasteiger partial charge in [0.05, 0.1) is 33.7 Å². The number of halogens is 3. The Morgan fingerprint density at radius 3 is 1.52 bits per heavy atom. The van der Waals surface area contributed by atoms with Gasteiger partial charge in [0.1, 0.15) is 0 Å². The van der Waals surface area contributed by atoms with Gasteiger partial charge in [0.25, 0.3) is 0 Å². The molecule has 2 heterocycles. The van der Waals surface area contributed by atoms with E-state index in [9.17, 15) is 0 Å². The van der Waals surface area contributed by atoms with Crippen LogP contribution in [0.15, 0.2) is 48.5 Å². The fourth-order valence-electron chi connectivity index (χ4n) is 2.93. The minimum absolute atomic E-state index is 0.592. The number of hydrogen-bond acceptors (Lipinski definition) is 2. The molecule has 142 valence electrons. The number of aryl methyl sites for hydroxylation is 2. The topological polar surface area (TPSA) is 49.7 Å². The van der Waals surface area contributed by atoms with E-state index in [2.05, 4.69) is 36.6 Å². The number of fused-ring (bicyclic) bond motifs is 2. The third-order valence-electron chi connectivity index (χ3n) is 4.27. The minimum atomic E-state index is -1.62. The Labute approximate surface area is 174 Å². The Balaban J connectivity index is 0.000000481. The Morgan fingerprint density at radius 1 is 0.778 bits per heavy atom. The second-order valence-electron chi connectivity index (χ2n) is 5.87. The first kappa shape index (κ1) is 20.5. The van der Waals surface area contributed by atoms with Gasteiger partial charge in [-0.2, -0.15) is 0 Å². The quantitative estimate of drug-likeness (QED) is 0.396. The molecule has 0 aliphatic heterocycles. The molecule has 0 saturated carbocycles. The number of rotatable bonds is 4. The van der Waals surface area contributed by atoms with E-state index in [0.29, 0.717) is 13.1 Å². The molecule has 2 aromatic carbocycles. The average Bonchev–Trinajstić information content (AvgIpc) is 3.13. The summed E-state index contributed by atoms with van der Waals surface area (Å²) in [7, 11) is 18.9. The molecule has 4 rings (SSSR count). The molecular formula is C18H18Cl3CrN5. The van der Waals surface area contributed by atoms with Crippen LogP contribution in [0.4, 0.5) is 0 Å². The van der Waals surface area contributed by atoms with Crippen molar-refractivity contribution in [3.05, 3.63) is 65.5 Å². The second kappa shape index (κ2) is 9.29. The fourth-order valence-corrected chi connectivity index (χ4v) is 2.93. The van der Waals surface area contributed by atoms with Crippen LogP contribution >= 0.6 is 30.1 Å². The molecule has 9 heteroatoms. The van der Waals surface area contributed by atoms with Crippen LogP contribution in [0.5, 0.6) is 0 Å². The molecule has 0 bridgehead atoms. The second-order valence-corrected chi connectivity index (χ2v) is 12.2. The van der Waals surface area contributed by atoms with E-state index in [4.69, 9.17) is 30.1 Å². The van der Waals surface area contributed by atoms with Crippen LogP contribution < -0.4 is 0 Å². The van der Waals surface area contributed by atoms with Gasteiger partial charge >= 0.3 is 41.5 Å². The maximum absolute atomic E-state index is 4.93. The molecule has 0 atom stereocenters. The molecule has 0 aliphatic carbocycles. The third kappa shape index (κ3) is 4.97. The fraction of sp³-hybridized carbons (Fsp3) is 0.222. The number of nitrogens with zero attached hydrogens (tertiary/aromatic N) is 5. The van der Waals surface area contributed by atoms with Crippen molar-refractivity contribution < 1.29 is 11.4 Å². The summed E-state index contributed by atoms with van der Waals surface area (Å²) in [5.41, 5.74) is 4.31. The molecule has 0 spiro atoms. The Hall–Kier alpha value is -1.26. The van der Waals surface area contributed by atoms with E-state index in [0.717, 1.165) is 33.7 Å². The summed E-state index contributed by atoms with van der Waals surface area (Å²) in [6.45, 7) is 1.18. The van der Waals surface area contributed by atoms with Gasteiger partial charge in [-0.3, -0.25) is 0 Å². The van der Waals surface area contributed by atoms with Crippen LogP contribution in [-0.4, -0.2) is 19.1 Å². The zero-order valence-electron chi connectivity index (χ0n) is 14.8. The summed E-state index contributed by atoms with van der Waals surface area (Å²) in [6.07, 6.45) is 0. The zero-order chi connectivity index (χ0) is 19.4. The van der Waals surface area contributed by atoms with E-state index in [1.165, 1.54) is 0 Å². The van der Waals surface area contributed by atoms with Gasteiger partial charge in [-0.25, -0.2) is 9.97 Å². The summed E-state index contributed by atoms with van der Waals surface area (Å²) in [5, 5.41) is 4.66. The van der Waals surface area contributed by atoms with Gasteiger partial charge in [0.15, 0.2) is 0 Å². The SMILES string of the molecule is Cn1c(C[N-]Cc2nc3ccccc3n2C)nc2ccccc21.[Cl][Cr+]([Cl])[Cl]. The zero-order valence-corrected chi connectivity index (χ0v) is 18.4. The molecule has 0 saturated heterocycles. The van der Waals surface area contributed by atoms with Gasteiger partial charge in [0.2, 0.25) is 0 Å². The van der Waals surface area contributed by atoms with Gasteiger partial charge in [-0.1, -0.05) is 37.4 Å². The van der Waals surface area contributed by atoms with Gasteiger partial charge < -0.3 is 14.5 Å². The van der Waals surface area contributed by atoms with Gasteiger partial charge in [-0.05, 0) is 24.3 Å². The number of hydrogen-bond donors (Lipinski definition) is 0. The molecule has 0 unspecified atom stereocenters. The van der Waals surface area contributed by atoms with Gasteiger partial charge in [-0.15, -0.1) is 0 Å². The maximum atomic E-state index is 4.93. The molecule has 0 fully saturated rings. The summed E-state index contributed by atoms with van der Waals surface area (Å²) >= 11 is -1.62. The van der Waals surface area contributed by atoms with Crippen molar-refractivity contribution in [2.75, 3.05) is 0 Å². The Morgan fingerprint density at radius 2 is 1.15 bits per heavy atom. The van der Waals surface area contributed by atoms with Crippen LogP contribution in [0.3, 0.4) is 0 Å². The van der Waals surface area contributed by atoms with E-state index in [1.807, 2.05) is 50.5 Å². The van der Waals surface area contributed by atoms with Crippen LogP contribution in [0.1, 0.15) is 11.6 Å². The third-order valence-corrected chi connectivity index (χ3v) is 4.27. The molecular weight excluding hydrogens is 445 g/mol. The summed E-state index contributed by atoms with van der Waals surface area (Å²) < 4.78 is 4.21. The molecule has 27 heavy (non-hydrogen) atoms.